The fourth-order valence-corrected chi connectivity index (χ4v) is 2.28. The van der Waals surface area contributed by atoms with Crippen LogP contribution in [0.15, 0.2) is 0 Å². The lowest BCUT2D eigenvalue weighted by atomic mass is 9.94. The van der Waals surface area contributed by atoms with Crippen molar-refractivity contribution in [2.75, 3.05) is 6.61 Å². The zero-order valence-electron chi connectivity index (χ0n) is 12.4. The van der Waals surface area contributed by atoms with Crippen LogP contribution in [0.2, 0.25) is 0 Å². The van der Waals surface area contributed by atoms with Gasteiger partial charge in [0.2, 0.25) is 0 Å². The van der Waals surface area contributed by atoms with Crippen LogP contribution >= 0.6 is 0 Å². The number of aliphatic hydroxyl groups excluding tert-OH is 1. The normalized spacial score (nSPS) is 12.6. The molecule has 18 heavy (non-hydrogen) atoms. The number of aliphatic hydroxyl groups is 1. The second kappa shape index (κ2) is 13.1. The number of unbranched alkanes of at least 4 members (excludes halogenated alkanes) is 7. The van der Waals surface area contributed by atoms with Crippen molar-refractivity contribution >= 4 is 5.78 Å². The molecule has 0 aliphatic heterocycles. The molecule has 0 aliphatic carbocycles. The van der Waals surface area contributed by atoms with Crippen LogP contribution in [0.1, 0.15) is 84.5 Å². The molecule has 0 radical (unpaired) electrons. The minimum absolute atomic E-state index is 0.0416. The topological polar surface area (TPSA) is 37.3 Å². The van der Waals surface area contributed by atoms with Crippen LogP contribution in [0.5, 0.6) is 0 Å². The van der Waals surface area contributed by atoms with Crippen molar-refractivity contribution in [3.8, 4) is 0 Å². The van der Waals surface area contributed by atoms with Crippen LogP contribution in [0.25, 0.3) is 0 Å². The maximum atomic E-state index is 11.9. The lowest BCUT2D eigenvalue weighted by Crippen LogP contribution is -2.18. The molecule has 2 heteroatoms. The van der Waals surface area contributed by atoms with Crippen molar-refractivity contribution in [2.24, 2.45) is 5.92 Å². The third kappa shape index (κ3) is 9.64. The molecule has 0 spiro atoms. The molecule has 0 fully saturated rings. The highest BCUT2D eigenvalue weighted by Crippen LogP contribution is 2.15. The van der Waals surface area contributed by atoms with Gasteiger partial charge in [0.1, 0.15) is 5.78 Å². The zero-order valence-corrected chi connectivity index (χ0v) is 12.4. The molecule has 0 saturated heterocycles. The van der Waals surface area contributed by atoms with Crippen molar-refractivity contribution < 1.29 is 9.90 Å². The highest BCUT2D eigenvalue weighted by atomic mass is 16.3. The van der Waals surface area contributed by atoms with Crippen molar-refractivity contribution in [3.63, 3.8) is 0 Å². The van der Waals surface area contributed by atoms with Crippen molar-refractivity contribution in [1.29, 1.82) is 0 Å². The van der Waals surface area contributed by atoms with E-state index in [2.05, 4.69) is 13.8 Å². The highest BCUT2D eigenvalue weighted by Gasteiger charge is 2.16. The minimum atomic E-state index is -0.0898. The van der Waals surface area contributed by atoms with E-state index in [1.807, 2.05) is 0 Å². The second-order valence-corrected chi connectivity index (χ2v) is 5.36. The molecule has 0 aromatic rings. The molecule has 2 nitrogen and oxygen atoms in total. The van der Waals surface area contributed by atoms with Gasteiger partial charge in [0, 0.05) is 12.3 Å². The van der Waals surface area contributed by atoms with Crippen LogP contribution < -0.4 is 0 Å². The Morgan fingerprint density at radius 3 is 2.00 bits per heavy atom. The van der Waals surface area contributed by atoms with Crippen LogP contribution in [0.3, 0.4) is 0 Å². The third-order valence-corrected chi connectivity index (χ3v) is 3.61. The van der Waals surface area contributed by atoms with E-state index in [9.17, 15) is 9.90 Å². The minimum Gasteiger partial charge on any atom is -0.396 e. The summed E-state index contributed by atoms with van der Waals surface area (Å²) in [5.41, 5.74) is 0. The molecule has 108 valence electrons. The van der Waals surface area contributed by atoms with E-state index < -0.39 is 0 Å². The lowest BCUT2D eigenvalue weighted by Gasteiger charge is -2.12. The Hall–Kier alpha value is -0.370. The largest absolute Gasteiger partial charge is 0.396 e. The van der Waals surface area contributed by atoms with Gasteiger partial charge in [-0.2, -0.15) is 0 Å². The molecule has 1 unspecified atom stereocenters. The van der Waals surface area contributed by atoms with Gasteiger partial charge in [0.25, 0.3) is 0 Å². The monoisotopic (exact) mass is 256 g/mol. The molecule has 0 bridgehead atoms. The third-order valence-electron chi connectivity index (χ3n) is 3.61. The van der Waals surface area contributed by atoms with Gasteiger partial charge in [0.15, 0.2) is 0 Å². The van der Waals surface area contributed by atoms with Gasteiger partial charge in [-0.15, -0.1) is 0 Å². The zero-order chi connectivity index (χ0) is 13.6. The van der Waals surface area contributed by atoms with Crippen molar-refractivity contribution in [3.05, 3.63) is 0 Å². The van der Waals surface area contributed by atoms with E-state index in [1.165, 1.54) is 38.5 Å². The Morgan fingerprint density at radius 2 is 1.44 bits per heavy atom. The van der Waals surface area contributed by atoms with Crippen molar-refractivity contribution in [2.45, 2.75) is 84.5 Å². The Labute approximate surface area is 113 Å². The summed E-state index contributed by atoms with van der Waals surface area (Å²) in [5, 5.41) is 9.27. The number of carbonyl (C=O) groups excluding carboxylic acids is 1. The van der Waals surface area contributed by atoms with Gasteiger partial charge < -0.3 is 5.11 Å². The Morgan fingerprint density at radius 1 is 0.889 bits per heavy atom. The summed E-state index contributed by atoms with van der Waals surface area (Å²) in [7, 11) is 0. The average molecular weight is 256 g/mol. The predicted molar refractivity (Wildman–Crippen MR) is 77.7 cm³/mol. The summed E-state index contributed by atoms with van der Waals surface area (Å²) in [5.74, 6) is 0.193. The van der Waals surface area contributed by atoms with Crippen LogP contribution in [0.4, 0.5) is 0 Å². The average Bonchev–Trinajstić information content (AvgIpc) is 2.38. The van der Waals surface area contributed by atoms with Gasteiger partial charge >= 0.3 is 0 Å². The number of ketones is 1. The van der Waals surface area contributed by atoms with Crippen LogP contribution in [-0.4, -0.2) is 17.5 Å². The van der Waals surface area contributed by atoms with Gasteiger partial charge in [0.05, 0.1) is 6.61 Å². The number of rotatable bonds is 13. The number of hydrogen-bond acceptors (Lipinski definition) is 2. The Kier molecular flexibility index (Phi) is 12.8. The smallest absolute Gasteiger partial charge is 0.138 e. The van der Waals surface area contributed by atoms with Gasteiger partial charge in [-0.3, -0.25) is 4.79 Å². The van der Waals surface area contributed by atoms with E-state index in [1.54, 1.807) is 0 Å². The summed E-state index contributed by atoms with van der Waals surface area (Å²) in [6.07, 6.45) is 12.2. The SMILES string of the molecule is CCCCCCCC(=O)C(CO)CCCCCC. The molecule has 0 rings (SSSR count). The standard InChI is InChI=1S/C16H32O2/c1-3-5-7-9-11-13-16(18)15(14-17)12-10-8-6-4-2/h15,17H,3-14H2,1-2H3. The van der Waals surface area contributed by atoms with Crippen molar-refractivity contribution in [1.82, 2.24) is 0 Å². The molecular weight excluding hydrogens is 224 g/mol. The predicted octanol–water partition coefficient (Wildman–Crippen LogP) is 4.49. The fourth-order valence-electron chi connectivity index (χ4n) is 2.28. The Balaban J connectivity index is 3.61. The molecular formula is C16H32O2. The second-order valence-electron chi connectivity index (χ2n) is 5.36. The van der Waals surface area contributed by atoms with Crippen LogP contribution in [-0.2, 0) is 4.79 Å². The van der Waals surface area contributed by atoms with E-state index in [-0.39, 0.29) is 18.3 Å². The molecule has 0 aromatic heterocycles. The first-order valence-electron chi connectivity index (χ1n) is 7.89. The molecule has 0 heterocycles. The Bertz CT molecular complexity index is 190. The summed E-state index contributed by atoms with van der Waals surface area (Å²) >= 11 is 0. The number of carbonyl (C=O) groups is 1. The quantitative estimate of drug-likeness (QED) is 0.493. The van der Waals surface area contributed by atoms with Gasteiger partial charge in [-0.05, 0) is 12.8 Å². The maximum absolute atomic E-state index is 11.9. The number of Topliss-reactive ketones (excluding diaryl/α,β-unsaturated/α-hetero) is 1. The first-order valence-corrected chi connectivity index (χ1v) is 7.89. The summed E-state index contributed by atoms with van der Waals surface area (Å²) in [6, 6.07) is 0. The first-order chi connectivity index (χ1) is 8.76. The van der Waals surface area contributed by atoms with Gasteiger partial charge in [-0.1, -0.05) is 65.2 Å². The van der Waals surface area contributed by atoms with Gasteiger partial charge in [-0.25, -0.2) is 0 Å². The summed E-state index contributed by atoms with van der Waals surface area (Å²) in [4.78, 5) is 11.9. The lowest BCUT2D eigenvalue weighted by molar-refractivity contribution is -0.124. The molecule has 0 amide bonds. The molecule has 1 atom stereocenters. The first kappa shape index (κ1) is 17.6. The molecule has 0 saturated carbocycles. The summed E-state index contributed by atoms with van der Waals surface area (Å²) in [6.45, 7) is 4.42. The van der Waals surface area contributed by atoms with E-state index in [4.69, 9.17) is 0 Å². The molecule has 0 aliphatic rings. The fraction of sp³-hybridized carbons (Fsp3) is 0.938. The van der Waals surface area contributed by atoms with E-state index in [0.29, 0.717) is 6.42 Å². The van der Waals surface area contributed by atoms with Crippen LogP contribution in [0, 0.1) is 5.92 Å². The summed E-state index contributed by atoms with van der Waals surface area (Å²) < 4.78 is 0. The maximum Gasteiger partial charge on any atom is 0.138 e. The molecule has 1 N–H and O–H groups in total. The highest BCUT2D eigenvalue weighted by molar-refractivity contribution is 5.81. The molecule has 0 aromatic carbocycles. The van der Waals surface area contributed by atoms with E-state index >= 15 is 0 Å². The number of hydrogen-bond donors (Lipinski definition) is 1. The van der Waals surface area contributed by atoms with E-state index in [0.717, 1.165) is 25.7 Å².